The molecular weight excluding hydrogens is 426 g/mol. The highest BCUT2D eigenvalue weighted by atomic mass is 32.2. The number of anilines is 1. The fraction of sp³-hybridized carbons (Fsp3) is 0.286. The van der Waals surface area contributed by atoms with Crippen LogP contribution >= 0.6 is 0 Å². The van der Waals surface area contributed by atoms with E-state index in [2.05, 4.69) is 5.32 Å². The summed E-state index contributed by atoms with van der Waals surface area (Å²) in [6.07, 6.45) is 1.12. The van der Waals surface area contributed by atoms with Crippen molar-refractivity contribution in [3.05, 3.63) is 46.9 Å². The van der Waals surface area contributed by atoms with Crippen LogP contribution in [0, 0.1) is 0 Å². The molecule has 0 atom stereocenters. The molecule has 2 aromatic rings. The summed E-state index contributed by atoms with van der Waals surface area (Å²) in [4.78, 5) is 11.1. The van der Waals surface area contributed by atoms with Crippen molar-refractivity contribution < 1.29 is 42.7 Å². The van der Waals surface area contributed by atoms with Crippen LogP contribution in [0.4, 0.5) is 5.69 Å². The van der Waals surface area contributed by atoms with Crippen LogP contribution in [0.1, 0.15) is 16.6 Å². The van der Waals surface area contributed by atoms with Crippen LogP contribution in [0.15, 0.2) is 35.7 Å². The fourth-order valence-corrected chi connectivity index (χ4v) is 3.38. The normalized spacial score (nSPS) is 14.1. The number of carboxylic acid groups (broad SMARTS) is 1. The maximum atomic E-state index is 13.0. The zero-order valence-electron chi connectivity index (χ0n) is 21.3. The molecule has 10 heteroatoms. The van der Waals surface area contributed by atoms with Crippen molar-refractivity contribution in [2.24, 2.45) is 0 Å². The van der Waals surface area contributed by atoms with Crippen molar-refractivity contribution in [1.82, 2.24) is 0 Å². The van der Waals surface area contributed by atoms with Gasteiger partial charge >= 0.3 is 5.97 Å². The molecule has 0 fully saturated rings. The summed E-state index contributed by atoms with van der Waals surface area (Å²) in [7, 11) is 0.752. The van der Waals surface area contributed by atoms with Crippen LogP contribution < -0.4 is 24.3 Å². The van der Waals surface area contributed by atoms with E-state index in [9.17, 15) is 13.2 Å². The van der Waals surface area contributed by atoms with Crippen molar-refractivity contribution in [2.45, 2.75) is 5.70 Å². The van der Waals surface area contributed by atoms with Gasteiger partial charge in [-0.25, -0.2) is 8.42 Å². The Morgan fingerprint density at radius 2 is 1.65 bits per heavy atom. The minimum atomic E-state index is -4.64. The molecule has 0 amide bonds. The van der Waals surface area contributed by atoms with Gasteiger partial charge in [-0.3, -0.25) is 4.79 Å². The van der Waals surface area contributed by atoms with Crippen molar-refractivity contribution in [3.8, 4) is 23.0 Å². The maximum absolute atomic E-state index is 13.0. The third-order valence-corrected chi connectivity index (χ3v) is 4.95. The van der Waals surface area contributed by atoms with Crippen LogP contribution in [0.2, 0.25) is 0 Å². The Hall–Kier alpha value is -3.40. The van der Waals surface area contributed by atoms with Gasteiger partial charge in [0.2, 0.25) is 0 Å². The SMILES string of the molecule is [2H]C([2H])(Nc1cc(C([2H])([2H])S(=O)(=O)/C=C/c2c(OC)cc(OC)cc2OC)ccc1OC)C(=O)O. The predicted octanol–water partition coefficient (Wildman–Crippen LogP) is 2.80. The third-order valence-electron chi connectivity index (χ3n) is 3.93. The zero-order valence-corrected chi connectivity index (χ0v) is 18.1. The largest absolute Gasteiger partial charge is 0.496 e. The first-order valence-electron chi connectivity index (χ1n) is 10.7. The van der Waals surface area contributed by atoms with Crippen LogP contribution in [0.25, 0.3) is 6.08 Å². The maximum Gasteiger partial charge on any atom is 0.322 e. The number of carbonyl (C=O) groups is 1. The van der Waals surface area contributed by atoms with Gasteiger partial charge in [0, 0.05) is 20.3 Å². The Morgan fingerprint density at radius 3 is 2.16 bits per heavy atom. The predicted molar refractivity (Wildman–Crippen MR) is 117 cm³/mol. The molecule has 0 aliphatic heterocycles. The number of methoxy groups -OCH3 is 4. The summed E-state index contributed by atoms with van der Waals surface area (Å²) < 4.78 is 78.5. The number of aliphatic carboxylic acids is 1. The molecule has 2 aromatic carbocycles. The summed E-state index contributed by atoms with van der Waals surface area (Å²) in [5.74, 6) is -1.00. The molecule has 31 heavy (non-hydrogen) atoms. The molecule has 0 aliphatic rings. The molecular formula is C21H25NO8S. The quantitative estimate of drug-likeness (QED) is 0.527. The number of hydrogen-bond donors (Lipinski definition) is 2. The summed E-state index contributed by atoms with van der Waals surface area (Å²) >= 11 is 0. The van der Waals surface area contributed by atoms with E-state index in [1.165, 1.54) is 46.6 Å². The third kappa shape index (κ3) is 6.54. The average Bonchev–Trinajstić information content (AvgIpc) is 2.81. The second-order valence-electron chi connectivity index (χ2n) is 5.87. The van der Waals surface area contributed by atoms with Gasteiger partial charge in [-0.05, 0) is 23.8 Å². The van der Waals surface area contributed by atoms with E-state index in [1.54, 1.807) is 0 Å². The molecule has 0 heterocycles. The van der Waals surface area contributed by atoms with Crippen LogP contribution in [-0.2, 0) is 20.3 Å². The number of rotatable bonds is 11. The van der Waals surface area contributed by atoms with Gasteiger partial charge in [-0.15, -0.1) is 0 Å². The number of nitrogens with one attached hydrogen (secondary N) is 1. The summed E-state index contributed by atoms with van der Waals surface area (Å²) in [6.45, 7) is -2.93. The first-order valence-corrected chi connectivity index (χ1v) is 10.2. The number of ether oxygens (including phenoxy) is 4. The lowest BCUT2D eigenvalue weighted by atomic mass is 10.1. The smallest absolute Gasteiger partial charge is 0.322 e. The van der Waals surface area contributed by atoms with Crippen LogP contribution in [0.3, 0.4) is 0 Å². The highest BCUT2D eigenvalue weighted by molar-refractivity contribution is 7.93. The van der Waals surface area contributed by atoms with Crippen molar-refractivity contribution >= 4 is 27.6 Å². The van der Waals surface area contributed by atoms with Gasteiger partial charge in [0.05, 0.1) is 48.1 Å². The Kier molecular flexibility index (Phi) is 6.27. The Morgan fingerprint density at radius 1 is 1.03 bits per heavy atom. The van der Waals surface area contributed by atoms with Gasteiger partial charge in [-0.1, -0.05) is 6.07 Å². The Labute approximate surface area is 186 Å². The van der Waals surface area contributed by atoms with Gasteiger partial charge in [0.25, 0.3) is 0 Å². The molecule has 168 valence electrons. The van der Waals surface area contributed by atoms with Crippen molar-refractivity contribution in [3.63, 3.8) is 0 Å². The van der Waals surface area contributed by atoms with E-state index in [-0.39, 0.29) is 34.1 Å². The van der Waals surface area contributed by atoms with E-state index >= 15 is 0 Å². The lowest BCUT2D eigenvalue weighted by Gasteiger charge is -2.13. The zero-order chi connectivity index (χ0) is 26.6. The van der Waals surface area contributed by atoms with Gasteiger partial charge in [0.15, 0.2) is 9.84 Å². The fourth-order valence-electron chi connectivity index (χ4n) is 2.54. The molecule has 0 radical (unpaired) electrons. The minimum Gasteiger partial charge on any atom is -0.496 e. The number of hydrogen-bond acceptors (Lipinski definition) is 8. The number of sulfone groups is 1. The molecule has 0 aliphatic carbocycles. The molecule has 9 nitrogen and oxygen atoms in total. The lowest BCUT2D eigenvalue weighted by Crippen LogP contribution is -2.13. The minimum absolute atomic E-state index is 0.0182. The standard InChI is InChI=1S/C21H25NO8S/c1-27-15-10-19(29-3)16(20(11-15)30-4)7-8-31(25,26)13-14-5-6-18(28-2)17(9-14)22-12-21(23)24/h5-11,22H,12-13H2,1-4H3,(H,23,24)/b8-7+/i12D2,13D2. The van der Waals surface area contributed by atoms with Gasteiger partial charge < -0.3 is 29.4 Å². The first kappa shape index (κ1) is 18.4. The molecule has 0 spiro atoms. The second kappa shape index (κ2) is 10.6. The Bertz CT molecular complexity index is 1210. The number of benzene rings is 2. The first-order chi connectivity index (χ1) is 16.2. The molecule has 2 rings (SSSR count). The molecule has 0 saturated heterocycles. The van der Waals surface area contributed by atoms with Crippen molar-refractivity contribution in [2.75, 3.05) is 40.3 Å². The molecule has 0 unspecified atom stereocenters. The van der Waals surface area contributed by atoms with Crippen molar-refractivity contribution in [1.29, 1.82) is 0 Å². The lowest BCUT2D eigenvalue weighted by molar-refractivity contribution is -0.134. The average molecular weight is 456 g/mol. The van der Waals surface area contributed by atoms with Gasteiger partial charge in [0.1, 0.15) is 29.5 Å². The van der Waals surface area contributed by atoms with Crippen LogP contribution in [-0.4, -0.2) is 54.4 Å². The highest BCUT2D eigenvalue weighted by Gasteiger charge is 2.15. The molecule has 0 saturated carbocycles. The van der Waals surface area contributed by atoms with E-state index in [0.29, 0.717) is 11.2 Å². The van der Waals surface area contributed by atoms with Gasteiger partial charge in [-0.2, -0.15) is 0 Å². The van der Waals surface area contributed by atoms with E-state index in [0.717, 1.165) is 18.2 Å². The molecule has 2 N–H and O–H groups in total. The summed E-state index contributed by atoms with van der Waals surface area (Å²) in [6, 6.07) is 6.31. The summed E-state index contributed by atoms with van der Waals surface area (Å²) in [5.41, 5.74) is -3.41. The topological polar surface area (TPSA) is 120 Å². The summed E-state index contributed by atoms with van der Waals surface area (Å²) in [5, 5.41) is 11.8. The monoisotopic (exact) mass is 455 g/mol. The Balaban J connectivity index is 2.54. The molecule has 0 bridgehead atoms. The van der Waals surface area contributed by atoms with E-state index < -0.39 is 28.0 Å². The van der Waals surface area contributed by atoms with E-state index in [4.69, 9.17) is 29.5 Å². The van der Waals surface area contributed by atoms with E-state index in [1.807, 2.05) is 0 Å². The molecule has 0 aromatic heterocycles. The number of carboxylic acids is 1. The highest BCUT2D eigenvalue weighted by Crippen LogP contribution is 2.35. The second-order valence-corrected chi connectivity index (χ2v) is 7.43. The van der Waals surface area contributed by atoms with Crippen LogP contribution in [0.5, 0.6) is 23.0 Å².